The summed E-state index contributed by atoms with van der Waals surface area (Å²) in [6, 6.07) is 16.1. The number of hydrogen-bond acceptors (Lipinski definition) is 7. The van der Waals surface area contributed by atoms with Crippen molar-refractivity contribution in [3.63, 3.8) is 0 Å². The number of methoxy groups -OCH3 is 1. The Labute approximate surface area is 247 Å². The third-order valence-corrected chi connectivity index (χ3v) is 6.89. The first-order chi connectivity index (χ1) is 20.1. The van der Waals surface area contributed by atoms with E-state index in [-0.39, 0.29) is 31.8 Å². The smallest absolute Gasteiger partial charge is 0.325 e. The lowest BCUT2D eigenvalue weighted by atomic mass is 9.97. The largest absolute Gasteiger partial charge is 0.496 e. The van der Waals surface area contributed by atoms with E-state index in [2.05, 4.69) is 15.8 Å². The van der Waals surface area contributed by atoms with Crippen LogP contribution in [-0.4, -0.2) is 53.9 Å². The van der Waals surface area contributed by atoms with Gasteiger partial charge in [-0.05, 0) is 72.5 Å². The average Bonchev–Trinajstić information content (AvgIpc) is 3.11. The molecule has 2 atom stereocenters. The van der Waals surface area contributed by atoms with Crippen molar-refractivity contribution < 1.29 is 33.5 Å². The number of aliphatic imine (C=N–C) groups is 1. The second-order valence-corrected chi connectivity index (χ2v) is 10.1. The summed E-state index contributed by atoms with van der Waals surface area (Å²) >= 11 is 6.20. The third-order valence-electron chi connectivity index (χ3n) is 6.65. The van der Waals surface area contributed by atoms with Gasteiger partial charge in [-0.1, -0.05) is 35.9 Å². The van der Waals surface area contributed by atoms with Crippen LogP contribution in [0.1, 0.15) is 29.7 Å². The van der Waals surface area contributed by atoms with Crippen LogP contribution >= 0.6 is 11.6 Å². The Morgan fingerprint density at radius 3 is 2.52 bits per heavy atom. The number of imide groups is 1. The van der Waals surface area contributed by atoms with Gasteiger partial charge in [-0.15, -0.1) is 0 Å². The lowest BCUT2D eigenvalue weighted by molar-refractivity contribution is -0.136. The van der Waals surface area contributed by atoms with Crippen molar-refractivity contribution in [1.82, 2.24) is 15.7 Å². The predicted molar refractivity (Wildman–Crippen MR) is 154 cm³/mol. The predicted octanol–water partition coefficient (Wildman–Crippen LogP) is 4.57. The maximum atomic E-state index is 13.8. The van der Waals surface area contributed by atoms with Crippen molar-refractivity contribution in [2.75, 3.05) is 20.2 Å². The lowest BCUT2D eigenvalue weighted by Gasteiger charge is -2.26. The summed E-state index contributed by atoms with van der Waals surface area (Å²) in [6.07, 6.45) is 0.0970. The normalized spacial score (nSPS) is 15.7. The minimum Gasteiger partial charge on any atom is -0.496 e. The number of carboxylic acids is 1. The van der Waals surface area contributed by atoms with Crippen LogP contribution in [0.15, 0.2) is 71.7 Å². The highest BCUT2D eigenvalue weighted by Gasteiger charge is 2.34. The van der Waals surface area contributed by atoms with E-state index in [0.29, 0.717) is 27.6 Å². The molecule has 12 heteroatoms. The topological polar surface area (TPSA) is 130 Å². The van der Waals surface area contributed by atoms with Crippen LogP contribution in [0, 0.1) is 11.7 Å². The van der Waals surface area contributed by atoms with Gasteiger partial charge in [-0.25, -0.2) is 14.7 Å². The summed E-state index contributed by atoms with van der Waals surface area (Å²) in [5.74, 6) is -1.47. The number of benzene rings is 3. The fourth-order valence-electron chi connectivity index (χ4n) is 4.42. The van der Waals surface area contributed by atoms with Gasteiger partial charge in [-0.3, -0.25) is 19.5 Å². The molecule has 3 aromatic rings. The summed E-state index contributed by atoms with van der Waals surface area (Å²) in [6.45, 7) is 1.60. The van der Waals surface area contributed by atoms with Gasteiger partial charge in [0.05, 0.1) is 38.6 Å². The molecule has 3 N–H and O–H groups in total. The SMILES string of the molecule is COc1ccc(Cl)cc1CC1CN=C(NOc2ccc(F)cc2)CN(C(=O)N[C@H](C)c2ccc(CC(=O)O)cc2)C1=O. The minimum atomic E-state index is -0.941. The van der Waals surface area contributed by atoms with E-state index >= 15 is 0 Å². The summed E-state index contributed by atoms with van der Waals surface area (Å²) in [5, 5.41) is 12.3. The highest BCUT2D eigenvalue weighted by Crippen LogP contribution is 2.27. The van der Waals surface area contributed by atoms with Crippen LogP contribution in [0.3, 0.4) is 0 Å². The molecule has 0 bridgehead atoms. The fourth-order valence-corrected chi connectivity index (χ4v) is 4.62. The number of carbonyl (C=O) groups excluding carboxylic acids is 2. The van der Waals surface area contributed by atoms with Crippen molar-refractivity contribution in [1.29, 1.82) is 0 Å². The van der Waals surface area contributed by atoms with Crippen molar-refractivity contribution >= 4 is 35.3 Å². The molecule has 10 nitrogen and oxygen atoms in total. The number of carboxylic acid groups (broad SMARTS) is 1. The number of aliphatic carboxylic acids is 1. The first kappa shape index (κ1) is 30.3. The first-order valence-electron chi connectivity index (χ1n) is 13.1. The van der Waals surface area contributed by atoms with Crippen molar-refractivity contribution in [3.8, 4) is 11.5 Å². The Bertz CT molecular complexity index is 1470. The lowest BCUT2D eigenvalue weighted by Crippen LogP contribution is -2.50. The van der Waals surface area contributed by atoms with Crippen LogP contribution in [0.4, 0.5) is 9.18 Å². The number of amidine groups is 1. The summed E-state index contributed by atoms with van der Waals surface area (Å²) < 4.78 is 18.7. The molecule has 3 aromatic carbocycles. The molecule has 0 spiro atoms. The number of halogens is 2. The minimum absolute atomic E-state index is 0.0496. The van der Waals surface area contributed by atoms with Gasteiger partial charge in [0.15, 0.2) is 11.6 Å². The molecule has 4 rings (SSSR count). The average molecular weight is 597 g/mol. The van der Waals surface area contributed by atoms with E-state index in [0.717, 1.165) is 10.5 Å². The van der Waals surface area contributed by atoms with E-state index in [4.69, 9.17) is 26.3 Å². The van der Waals surface area contributed by atoms with Crippen LogP contribution in [0.2, 0.25) is 5.02 Å². The summed E-state index contributed by atoms with van der Waals surface area (Å²) in [4.78, 5) is 49.3. The number of hydroxylamine groups is 1. The Balaban J connectivity index is 1.54. The Morgan fingerprint density at radius 1 is 1.14 bits per heavy atom. The van der Waals surface area contributed by atoms with E-state index in [9.17, 15) is 18.8 Å². The third kappa shape index (κ3) is 7.97. The highest BCUT2D eigenvalue weighted by atomic mass is 35.5. The van der Waals surface area contributed by atoms with E-state index in [1.165, 1.54) is 31.4 Å². The van der Waals surface area contributed by atoms with E-state index < -0.39 is 35.7 Å². The number of nitrogens with one attached hydrogen (secondary N) is 2. The number of nitrogens with zero attached hydrogens (tertiary/aromatic N) is 2. The number of ether oxygens (including phenoxy) is 1. The second kappa shape index (κ2) is 13.8. The van der Waals surface area contributed by atoms with Crippen LogP contribution in [-0.2, 0) is 22.4 Å². The maximum Gasteiger partial charge on any atom is 0.325 e. The van der Waals surface area contributed by atoms with Gasteiger partial charge in [0.2, 0.25) is 5.91 Å². The molecule has 0 saturated heterocycles. The molecule has 0 aromatic heterocycles. The molecule has 0 aliphatic carbocycles. The molecule has 0 fully saturated rings. The standard InChI is InChI=1S/C30H30ClFN4O6/c1-18(20-5-3-19(4-6-20)13-28(37)38)34-30(40)36-17-27(35-42-25-10-8-24(32)9-11-25)33-16-22(29(36)39)14-21-15-23(31)7-12-26(21)41-2/h3-12,15,18,22H,13-14,16-17H2,1-2H3,(H,33,35)(H,34,40)(H,37,38)/t18-,22?/m1/s1. The number of rotatable bonds is 9. The highest BCUT2D eigenvalue weighted by molar-refractivity contribution is 6.30. The van der Waals surface area contributed by atoms with E-state index in [1.54, 1.807) is 49.4 Å². The summed E-state index contributed by atoms with van der Waals surface area (Å²) in [7, 11) is 1.52. The zero-order valence-electron chi connectivity index (χ0n) is 23.0. The van der Waals surface area contributed by atoms with Crippen LogP contribution in [0.25, 0.3) is 0 Å². The van der Waals surface area contributed by atoms with Gasteiger partial charge in [0.25, 0.3) is 0 Å². The molecule has 0 saturated carbocycles. The summed E-state index contributed by atoms with van der Waals surface area (Å²) in [5.41, 5.74) is 4.73. The molecular formula is C30H30ClFN4O6. The number of hydrogen-bond donors (Lipinski definition) is 3. The Kier molecular flexibility index (Phi) is 9.98. The molecule has 220 valence electrons. The molecule has 1 aliphatic heterocycles. The molecule has 3 amide bonds. The van der Waals surface area contributed by atoms with Crippen molar-refractivity contribution in [2.24, 2.45) is 10.9 Å². The fraction of sp³-hybridized carbons (Fsp3) is 0.267. The van der Waals surface area contributed by atoms with Crippen molar-refractivity contribution in [2.45, 2.75) is 25.8 Å². The molecule has 0 radical (unpaired) electrons. The maximum absolute atomic E-state index is 13.8. The molecule has 1 aliphatic rings. The Hall–Kier alpha value is -4.64. The van der Waals surface area contributed by atoms with Crippen LogP contribution < -0.4 is 20.4 Å². The van der Waals surface area contributed by atoms with Gasteiger partial charge in [0.1, 0.15) is 11.6 Å². The second-order valence-electron chi connectivity index (χ2n) is 9.71. The molecule has 1 heterocycles. The van der Waals surface area contributed by atoms with Crippen LogP contribution in [0.5, 0.6) is 11.5 Å². The number of urea groups is 1. The molecular weight excluding hydrogens is 567 g/mol. The van der Waals surface area contributed by atoms with Gasteiger partial charge < -0.3 is 20.0 Å². The number of amides is 3. The van der Waals surface area contributed by atoms with E-state index in [1.807, 2.05) is 0 Å². The zero-order chi connectivity index (χ0) is 30.2. The van der Waals surface area contributed by atoms with Gasteiger partial charge >= 0.3 is 12.0 Å². The monoisotopic (exact) mass is 596 g/mol. The zero-order valence-corrected chi connectivity index (χ0v) is 23.7. The molecule has 1 unspecified atom stereocenters. The molecule has 42 heavy (non-hydrogen) atoms. The number of carbonyl (C=O) groups is 3. The van der Waals surface area contributed by atoms with Gasteiger partial charge in [-0.2, -0.15) is 0 Å². The van der Waals surface area contributed by atoms with Gasteiger partial charge in [0, 0.05) is 5.02 Å². The first-order valence-corrected chi connectivity index (χ1v) is 13.5. The quantitative estimate of drug-likeness (QED) is 0.309. The van der Waals surface area contributed by atoms with Crippen molar-refractivity contribution in [3.05, 3.63) is 94.3 Å². The Morgan fingerprint density at radius 2 is 1.86 bits per heavy atom.